The Balaban J connectivity index is 1.74. The number of nitrogens with one attached hydrogen (secondary N) is 1. The monoisotopic (exact) mass is 375 g/mol. The molecule has 24 heavy (non-hydrogen) atoms. The fourth-order valence-corrected chi connectivity index (χ4v) is 4.56. The maximum absolute atomic E-state index is 12.1. The van der Waals surface area contributed by atoms with Crippen LogP contribution in [0, 0.1) is 6.92 Å². The number of aryl methyl sites for hydroxylation is 1. The molecule has 1 aromatic carbocycles. The van der Waals surface area contributed by atoms with Crippen molar-refractivity contribution in [2.45, 2.75) is 12.7 Å². The van der Waals surface area contributed by atoms with E-state index in [9.17, 15) is 16.8 Å². The van der Waals surface area contributed by atoms with Crippen molar-refractivity contribution in [2.24, 2.45) is 0 Å². The van der Waals surface area contributed by atoms with Gasteiger partial charge in [-0.3, -0.25) is 4.90 Å². The average Bonchev–Trinajstić information content (AvgIpc) is 2.49. The summed E-state index contributed by atoms with van der Waals surface area (Å²) in [4.78, 5) is 2.07. The number of nitrogens with zero attached hydrogens (tertiary/aromatic N) is 2. The Morgan fingerprint density at radius 3 is 2.12 bits per heavy atom. The SMILES string of the molecule is Cc1ccc(CS(=O)(=O)NCCN2CCN(S(C)(=O)=O)CC2)cc1. The molecular formula is C15H25N3O4S2. The van der Waals surface area contributed by atoms with Gasteiger partial charge in [-0.25, -0.2) is 21.6 Å². The van der Waals surface area contributed by atoms with Crippen molar-refractivity contribution in [3.63, 3.8) is 0 Å². The first kappa shape index (κ1) is 19.3. The number of benzene rings is 1. The molecule has 0 amide bonds. The summed E-state index contributed by atoms with van der Waals surface area (Å²) < 4.78 is 51.1. The van der Waals surface area contributed by atoms with Gasteiger partial charge in [0.2, 0.25) is 20.0 Å². The van der Waals surface area contributed by atoms with Gasteiger partial charge in [0.05, 0.1) is 12.0 Å². The Bertz CT molecular complexity index is 737. The minimum Gasteiger partial charge on any atom is -0.299 e. The number of sulfonamides is 2. The zero-order valence-corrected chi connectivity index (χ0v) is 15.7. The maximum Gasteiger partial charge on any atom is 0.215 e. The molecule has 7 nitrogen and oxygen atoms in total. The lowest BCUT2D eigenvalue weighted by Crippen LogP contribution is -2.49. The summed E-state index contributed by atoms with van der Waals surface area (Å²) in [7, 11) is -6.50. The molecule has 1 aliphatic heterocycles. The number of rotatable bonds is 7. The quantitative estimate of drug-likeness (QED) is 0.724. The highest BCUT2D eigenvalue weighted by molar-refractivity contribution is 7.88. The summed E-state index contributed by atoms with van der Waals surface area (Å²) in [6, 6.07) is 7.43. The first-order chi connectivity index (χ1) is 11.2. The topological polar surface area (TPSA) is 86.8 Å². The van der Waals surface area contributed by atoms with E-state index in [1.807, 2.05) is 31.2 Å². The number of hydrogen-bond acceptors (Lipinski definition) is 5. The van der Waals surface area contributed by atoms with Gasteiger partial charge in [-0.05, 0) is 12.5 Å². The zero-order valence-electron chi connectivity index (χ0n) is 14.1. The molecule has 0 spiro atoms. The van der Waals surface area contributed by atoms with Gasteiger partial charge in [0, 0.05) is 39.3 Å². The van der Waals surface area contributed by atoms with Crippen LogP contribution < -0.4 is 4.72 Å². The van der Waals surface area contributed by atoms with Crippen LogP contribution in [0.1, 0.15) is 11.1 Å². The van der Waals surface area contributed by atoms with Crippen molar-refractivity contribution in [1.82, 2.24) is 13.9 Å². The second-order valence-electron chi connectivity index (χ2n) is 6.14. The van der Waals surface area contributed by atoms with Gasteiger partial charge in [-0.1, -0.05) is 29.8 Å². The molecule has 9 heteroatoms. The van der Waals surface area contributed by atoms with E-state index >= 15 is 0 Å². The molecule has 136 valence electrons. The molecule has 1 fully saturated rings. The van der Waals surface area contributed by atoms with Crippen molar-refractivity contribution in [3.05, 3.63) is 35.4 Å². The highest BCUT2D eigenvalue weighted by Gasteiger charge is 2.23. The van der Waals surface area contributed by atoms with E-state index < -0.39 is 20.0 Å². The van der Waals surface area contributed by atoms with E-state index in [1.54, 1.807) is 0 Å². The van der Waals surface area contributed by atoms with E-state index in [2.05, 4.69) is 9.62 Å². The van der Waals surface area contributed by atoms with Gasteiger partial charge >= 0.3 is 0 Å². The second-order valence-corrected chi connectivity index (χ2v) is 9.93. The summed E-state index contributed by atoms with van der Waals surface area (Å²) in [5.41, 5.74) is 1.85. The van der Waals surface area contributed by atoms with Crippen molar-refractivity contribution in [1.29, 1.82) is 0 Å². The fraction of sp³-hybridized carbons (Fsp3) is 0.600. The minimum absolute atomic E-state index is 0.0326. The Kier molecular flexibility index (Phi) is 6.38. The molecule has 0 aliphatic carbocycles. The third-order valence-corrected chi connectivity index (χ3v) is 6.69. The predicted octanol–water partition coefficient (Wildman–Crippen LogP) is -0.00838. The van der Waals surface area contributed by atoms with Crippen molar-refractivity contribution < 1.29 is 16.8 Å². The summed E-state index contributed by atoms with van der Waals surface area (Å²) in [5, 5.41) is 0. The summed E-state index contributed by atoms with van der Waals surface area (Å²) in [6.07, 6.45) is 1.21. The molecule has 2 rings (SSSR count). The van der Waals surface area contributed by atoms with Crippen LogP contribution in [0.15, 0.2) is 24.3 Å². The molecule has 1 aromatic rings. The molecule has 0 radical (unpaired) electrons. The van der Waals surface area contributed by atoms with E-state index in [-0.39, 0.29) is 5.75 Å². The third-order valence-electron chi connectivity index (χ3n) is 4.03. The predicted molar refractivity (Wildman–Crippen MR) is 94.7 cm³/mol. The highest BCUT2D eigenvalue weighted by Crippen LogP contribution is 2.08. The molecular weight excluding hydrogens is 350 g/mol. The second kappa shape index (κ2) is 7.92. The lowest BCUT2D eigenvalue weighted by molar-refractivity contribution is 0.192. The molecule has 0 atom stereocenters. The van der Waals surface area contributed by atoms with Gasteiger partial charge in [0.15, 0.2) is 0 Å². The van der Waals surface area contributed by atoms with Crippen molar-refractivity contribution >= 4 is 20.0 Å². The van der Waals surface area contributed by atoms with Gasteiger partial charge < -0.3 is 0 Å². The molecule has 1 saturated heterocycles. The number of piperazine rings is 1. The lowest BCUT2D eigenvalue weighted by Gasteiger charge is -2.33. The largest absolute Gasteiger partial charge is 0.299 e. The van der Waals surface area contributed by atoms with Gasteiger partial charge in [-0.2, -0.15) is 4.31 Å². The summed E-state index contributed by atoms with van der Waals surface area (Å²) in [6.45, 7) is 5.00. The smallest absolute Gasteiger partial charge is 0.215 e. The first-order valence-electron chi connectivity index (χ1n) is 7.86. The Labute approximate surface area is 144 Å². The average molecular weight is 376 g/mol. The molecule has 0 aromatic heterocycles. The van der Waals surface area contributed by atoms with Crippen LogP contribution in [0.3, 0.4) is 0 Å². The molecule has 0 bridgehead atoms. The first-order valence-corrected chi connectivity index (χ1v) is 11.4. The highest BCUT2D eigenvalue weighted by atomic mass is 32.2. The summed E-state index contributed by atoms with van der Waals surface area (Å²) in [5.74, 6) is -0.0326. The van der Waals surface area contributed by atoms with E-state index in [4.69, 9.17) is 0 Å². The van der Waals surface area contributed by atoms with Crippen LogP contribution in [0.25, 0.3) is 0 Å². The van der Waals surface area contributed by atoms with Gasteiger partial charge in [-0.15, -0.1) is 0 Å². The lowest BCUT2D eigenvalue weighted by atomic mass is 10.2. The van der Waals surface area contributed by atoms with E-state index in [1.165, 1.54) is 10.6 Å². The van der Waals surface area contributed by atoms with Crippen LogP contribution in [-0.2, 0) is 25.8 Å². The Morgan fingerprint density at radius 1 is 1.00 bits per heavy atom. The fourth-order valence-electron chi connectivity index (χ4n) is 2.60. The normalized spacial score (nSPS) is 17.9. The summed E-state index contributed by atoms with van der Waals surface area (Å²) >= 11 is 0. The van der Waals surface area contributed by atoms with Gasteiger partial charge in [0.1, 0.15) is 0 Å². The van der Waals surface area contributed by atoms with Crippen LogP contribution in [0.2, 0.25) is 0 Å². The number of hydrogen-bond donors (Lipinski definition) is 1. The zero-order chi connectivity index (χ0) is 17.8. The van der Waals surface area contributed by atoms with E-state index in [0.717, 1.165) is 11.1 Å². The van der Waals surface area contributed by atoms with E-state index in [0.29, 0.717) is 39.3 Å². The molecule has 0 saturated carbocycles. The van der Waals surface area contributed by atoms with Crippen LogP contribution in [0.4, 0.5) is 0 Å². The van der Waals surface area contributed by atoms with Crippen molar-refractivity contribution in [3.8, 4) is 0 Å². The Hall–Kier alpha value is -1.00. The van der Waals surface area contributed by atoms with Crippen LogP contribution in [0.5, 0.6) is 0 Å². The Morgan fingerprint density at radius 2 is 1.58 bits per heavy atom. The standard InChI is InChI=1S/C15H25N3O4S2/c1-14-3-5-15(6-4-14)13-24(21,22)16-7-8-17-9-11-18(12-10-17)23(2,19)20/h3-6,16H,7-13H2,1-2H3. The molecule has 1 N–H and O–H groups in total. The molecule has 0 unspecified atom stereocenters. The molecule has 1 aliphatic rings. The third kappa shape index (κ3) is 6.14. The maximum atomic E-state index is 12.1. The molecule has 1 heterocycles. The van der Waals surface area contributed by atoms with Crippen molar-refractivity contribution in [2.75, 3.05) is 45.5 Å². The van der Waals surface area contributed by atoms with Crippen LogP contribution >= 0.6 is 0 Å². The van der Waals surface area contributed by atoms with Gasteiger partial charge in [0.25, 0.3) is 0 Å². The van der Waals surface area contributed by atoms with Crippen LogP contribution in [-0.4, -0.2) is 71.6 Å². The minimum atomic E-state index is -3.37.